The molecule has 0 saturated carbocycles. The van der Waals surface area contributed by atoms with Crippen LogP contribution < -0.4 is 4.74 Å². The van der Waals surface area contributed by atoms with Crippen LogP contribution in [0.2, 0.25) is 0 Å². The Bertz CT molecular complexity index is 651. The fourth-order valence-electron chi connectivity index (χ4n) is 2.92. The van der Waals surface area contributed by atoms with Gasteiger partial charge in [-0.05, 0) is 30.7 Å². The zero-order valence-electron chi connectivity index (χ0n) is 14.9. The molecule has 1 aliphatic heterocycles. The first-order chi connectivity index (χ1) is 12.2. The fraction of sp³-hybridized carbons (Fsp3) is 0.556. The van der Waals surface area contributed by atoms with E-state index in [1.807, 2.05) is 31.2 Å². The summed E-state index contributed by atoms with van der Waals surface area (Å²) in [4.78, 5) is 9.11. The standard InChI is InChI=1S/C18H26N4O3/c1-3-15(23)12-21-8-10-22(11-9-21)13-17-19-18(20-25-17)14-4-6-16(24-2)7-5-14/h4-7,15,23H,3,8-13H2,1-2H3. The van der Waals surface area contributed by atoms with Crippen LogP contribution in [0.1, 0.15) is 19.2 Å². The predicted octanol–water partition coefficient (Wildman–Crippen LogP) is 1.63. The largest absolute Gasteiger partial charge is 0.497 e. The number of nitrogens with zero attached hydrogens (tertiary/aromatic N) is 4. The molecule has 3 rings (SSSR count). The number of hydrogen-bond donors (Lipinski definition) is 1. The number of piperazine rings is 1. The van der Waals surface area contributed by atoms with Gasteiger partial charge in [-0.15, -0.1) is 0 Å². The van der Waals surface area contributed by atoms with Gasteiger partial charge in [0.1, 0.15) is 5.75 Å². The molecule has 1 aromatic heterocycles. The normalized spacial score (nSPS) is 17.6. The number of ether oxygens (including phenoxy) is 1. The molecular formula is C18H26N4O3. The lowest BCUT2D eigenvalue weighted by Gasteiger charge is -2.34. The van der Waals surface area contributed by atoms with Gasteiger partial charge in [-0.25, -0.2) is 0 Å². The molecule has 7 nitrogen and oxygen atoms in total. The SMILES string of the molecule is CCC(O)CN1CCN(Cc2nc(-c3ccc(OC)cc3)no2)CC1. The van der Waals surface area contributed by atoms with Crippen LogP contribution in [0.15, 0.2) is 28.8 Å². The second kappa shape index (κ2) is 8.42. The number of benzene rings is 1. The molecule has 1 saturated heterocycles. The van der Waals surface area contributed by atoms with Gasteiger partial charge < -0.3 is 14.4 Å². The number of hydrogen-bond acceptors (Lipinski definition) is 7. The van der Waals surface area contributed by atoms with Crippen molar-refractivity contribution >= 4 is 0 Å². The van der Waals surface area contributed by atoms with Crippen LogP contribution in [0, 0.1) is 0 Å². The van der Waals surface area contributed by atoms with E-state index in [9.17, 15) is 5.11 Å². The molecule has 0 amide bonds. The van der Waals surface area contributed by atoms with Crippen molar-refractivity contribution in [3.05, 3.63) is 30.2 Å². The van der Waals surface area contributed by atoms with E-state index in [-0.39, 0.29) is 6.10 Å². The Labute approximate surface area is 148 Å². The summed E-state index contributed by atoms with van der Waals surface area (Å²) in [6.45, 7) is 7.22. The number of rotatable bonds is 7. The summed E-state index contributed by atoms with van der Waals surface area (Å²) in [6.07, 6.45) is 0.575. The van der Waals surface area contributed by atoms with Gasteiger partial charge in [0.05, 0.1) is 19.8 Å². The lowest BCUT2D eigenvalue weighted by atomic mass is 10.2. The average molecular weight is 346 g/mol. The van der Waals surface area contributed by atoms with Crippen molar-refractivity contribution in [3.63, 3.8) is 0 Å². The Hall–Kier alpha value is -1.96. The quantitative estimate of drug-likeness (QED) is 0.817. The predicted molar refractivity (Wildman–Crippen MR) is 94.3 cm³/mol. The molecule has 136 valence electrons. The summed E-state index contributed by atoms with van der Waals surface area (Å²) in [5.74, 6) is 2.04. The molecule has 1 aromatic carbocycles. The molecule has 1 unspecified atom stereocenters. The molecule has 0 bridgehead atoms. The molecule has 0 radical (unpaired) electrons. The van der Waals surface area contributed by atoms with Crippen LogP contribution in [0.25, 0.3) is 11.4 Å². The minimum Gasteiger partial charge on any atom is -0.497 e. The van der Waals surface area contributed by atoms with Crippen molar-refractivity contribution in [2.75, 3.05) is 39.8 Å². The van der Waals surface area contributed by atoms with E-state index < -0.39 is 0 Å². The van der Waals surface area contributed by atoms with Crippen molar-refractivity contribution in [2.45, 2.75) is 26.0 Å². The minimum absolute atomic E-state index is 0.227. The molecule has 1 aliphatic rings. The van der Waals surface area contributed by atoms with Gasteiger partial charge in [0.15, 0.2) is 0 Å². The van der Waals surface area contributed by atoms with Crippen LogP contribution in [-0.2, 0) is 6.54 Å². The topological polar surface area (TPSA) is 74.9 Å². The number of β-amino-alcohol motifs (C(OH)–C–C–N with tert-alkyl or cyclic N) is 1. The Morgan fingerprint density at radius 1 is 1.16 bits per heavy atom. The van der Waals surface area contributed by atoms with E-state index >= 15 is 0 Å². The molecular weight excluding hydrogens is 320 g/mol. The molecule has 0 spiro atoms. The molecule has 0 aliphatic carbocycles. The summed E-state index contributed by atoms with van der Waals surface area (Å²) in [6, 6.07) is 7.61. The first-order valence-corrected chi connectivity index (χ1v) is 8.77. The molecule has 1 atom stereocenters. The van der Waals surface area contributed by atoms with Gasteiger partial charge in [0, 0.05) is 38.3 Å². The molecule has 2 heterocycles. The van der Waals surface area contributed by atoms with E-state index in [1.165, 1.54) is 0 Å². The Kier molecular flexibility index (Phi) is 6.01. The lowest BCUT2D eigenvalue weighted by Crippen LogP contribution is -2.48. The summed E-state index contributed by atoms with van der Waals surface area (Å²) in [5, 5.41) is 13.8. The highest BCUT2D eigenvalue weighted by molar-refractivity contribution is 5.55. The summed E-state index contributed by atoms with van der Waals surface area (Å²) in [5.41, 5.74) is 0.911. The van der Waals surface area contributed by atoms with Crippen molar-refractivity contribution in [3.8, 4) is 17.1 Å². The number of methoxy groups -OCH3 is 1. The smallest absolute Gasteiger partial charge is 0.241 e. The molecule has 1 N–H and O–H groups in total. The van der Waals surface area contributed by atoms with Crippen molar-refractivity contribution in [1.29, 1.82) is 0 Å². The maximum Gasteiger partial charge on any atom is 0.241 e. The summed E-state index contributed by atoms with van der Waals surface area (Å²) < 4.78 is 10.6. The Morgan fingerprint density at radius 3 is 2.48 bits per heavy atom. The third kappa shape index (κ3) is 4.78. The van der Waals surface area contributed by atoms with Gasteiger partial charge in [0.2, 0.25) is 11.7 Å². The summed E-state index contributed by atoms with van der Waals surface area (Å²) >= 11 is 0. The van der Waals surface area contributed by atoms with E-state index in [2.05, 4.69) is 19.9 Å². The van der Waals surface area contributed by atoms with Gasteiger partial charge in [-0.3, -0.25) is 9.80 Å². The third-order valence-electron chi connectivity index (χ3n) is 4.58. The van der Waals surface area contributed by atoms with Gasteiger partial charge in [-0.2, -0.15) is 4.98 Å². The van der Waals surface area contributed by atoms with Crippen molar-refractivity contribution < 1.29 is 14.4 Å². The van der Waals surface area contributed by atoms with Crippen LogP contribution >= 0.6 is 0 Å². The second-order valence-electron chi connectivity index (χ2n) is 6.38. The van der Waals surface area contributed by atoms with E-state index in [0.717, 1.165) is 50.5 Å². The highest BCUT2D eigenvalue weighted by atomic mass is 16.5. The van der Waals surface area contributed by atoms with Crippen molar-refractivity contribution in [1.82, 2.24) is 19.9 Å². The van der Waals surface area contributed by atoms with E-state index in [4.69, 9.17) is 9.26 Å². The first-order valence-electron chi connectivity index (χ1n) is 8.77. The highest BCUT2D eigenvalue weighted by Gasteiger charge is 2.20. The van der Waals surface area contributed by atoms with Crippen molar-refractivity contribution in [2.24, 2.45) is 0 Å². The summed E-state index contributed by atoms with van der Waals surface area (Å²) in [7, 11) is 1.64. The Balaban J connectivity index is 1.52. The van der Waals surface area contributed by atoms with Crippen LogP contribution in [0.3, 0.4) is 0 Å². The number of aliphatic hydroxyl groups is 1. The number of aliphatic hydroxyl groups excluding tert-OH is 1. The number of aromatic nitrogens is 2. The first kappa shape index (κ1) is 17.8. The van der Waals surface area contributed by atoms with Crippen LogP contribution in [0.4, 0.5) is 0 Å². The third-order valence-corrected chi connectivity index (χ3v) is 4.58. The zero-order chi connectivity index (χ0) is 17.6. The minimum atomic E-state index is -0.227. The van der Waals surface area contributed by atoms with E-state index in [1.54, 1.807) is 7.11 Å². The monoisotopic (exact) mass is 346 g/mol. The maximum absolute atomic E-state index is 9.76. The van der Waals surface area contributed by atoms with E-state index in [0.29, 0.717) is 18.3 Å². The van der Waals surface area contributed by atoms with Gasteiger partial charge >= 0.3 is 0 Å². The van der Waals surface area contributed by atoms with Gasteiger partial charge in [-0.1, -0.05) is 12.1 Å². The second-order valence-corrected chi connectivity index (χ2v) is 6.38. The molecule has 1 fully saturated rings. The lowest BCUT2D eigenvalue weighted by molar-refractivity contribution is 0.0651. The van der Waals surface area contributed by atoms with Gasteiger partial charge in [0.25, 0.3) is 0 Å². The Morgan fingerprint density at radius 2 is 1.84 bits per heavy atom. The zero-order valence-corrected chi connectivity index (χ0v) is 14.9. The highest BCUT2D eigenvalue weighted by Crippen LogP contribution is 2.20. The fourth-order valence-corrected chi connectivity index (χ4v) is 2.92. The van der Waals surface area contributed by atoms with Crippen LogP contribution in [0.5, 0.6) is 5.75 Å². The molecule has 2 aromatic rings. The van der Waals surface area contributed by atoms with Crippen LogP contribution in [-0.4, -0.2) is 71.0 Å². The maximum atomic E-state index is 9.76. The molecule has 25 heavy (non-hydrogen) atoms. The average Bonchev–Trinajstić information content (AvgIpc) is 3.12. The molecule has 7 heteroatoms.